The highest BCUT2D eigenvalue weighted by atomic mass is 19.1. The zero-order valence-electron chi connectivity index (χ0n) is 13.0. The molecule has 1 aromatic carbocycles. The van der Waals surface area contributed by atoms with E-state index in [0.29, 0.717) is 5.95 Å². The van der Waals surface area contributed by atoms with Crippen LogP contribution in [-0.4, -0.2) is 47.6 Å². The minimum absolute atomic E-state index is 0.152. The van der Waals surface area contributed by atoms with Gasteiger partial charge in [-0.1, -0.05) is 6.92 Å². The van der Waals surface area contributed by atoms with Crippen LogP contribution in [0.25, 0.3) is 0 Å². The number of nitrogens with one attached hydrogen (secondary N) is 1. The van der Waals surface area contributed by atoms with Crippen molar-refractivity contribution in [3.05, 3.63) is 42.1 Å². The Morgan fingerprint density at radius 2 is 1.91 bits per heavy atom. The molecule has 0 saturated carbocycles. The van der Waals surface area contributed by atoms with Crippen molar-refractivity contribution < 1.29 is 8.78 Å². The molecule has 1 aliphatic rings. The lowest BCUT2D eigenvalue weighted by Crippen LogP contribution is -2.46. The Morgan fingerprint density at radius 3 is 2.61 bits per heavy atom. The highest BCUT2D eigenvalue weighted by Crippen LogP contribution is 2.20. The number of rotatable bonds is 4. The molecule has 1 aromatic heterocycles. The van der Waals surface area contributed by atoms with Gasteiger partial charge >= 0.3 is 0 Å². The molecule has 0 atom stereocenters. The second-order valence-electron chi connectivity index (χ2n) is 5.41. The van der Waals surface area contributed by atoms with Gasteiger partial charge in [-0.25, -0.2) is 13.8 Å². The average molecular weight is 319 g/mol. The maximum Gasteiger partial charge on any atom is 0.229 e. The lowest BCUT2D eigenvalue weighted by atomic mass is 10.3. The predicted molar refractivity (Wildman–Crippen MR) is 86.0 cm³/mol. The van der Waals surface area contributed by atoms with Crippen LogP contribution < -0.4 is 10.2 Å². The first kappa shape index (κ1) is 15.6. The molecule has 1 aliphatic heterocycles. The van der Waals surface area contributed by atoms with E-state index in [2.05, 4.69) is 32.0 Å². The van der Waals surface area contributed by atoms with Crippen molar-refractivity contribution in [1.29, 1.82) is 0 Å². The summed E-state index contributed by atoms with van der Waals surface area (Å²) in [6, 6.07) is 5.20. The summed E-state index contributed by atoms with van der Waals surface area (Å²) in [7, 11) is 0. The van der Waals surface area contributed by atoms with Crippen molar-refractivity contribution in [2.24, 2.45) is 0 Å². The van der Waals surface area contributed by atoms with Crippen LogP contribution in [0, 0.1) is 11.6 Å². The van der Waals surface area contributed by atoms with E-state index in [4.69, 9.17) is 0 Å². The molecule has 1 saturated heterocycles. The van der Waals surface area contributed by atoms with Crippen molar-refractivity contribution in [3.63, 3.8) is 0 Å². The molecule has 0 spiro atoms. The SMILES string of the molecule is CCN1CCN(c2ccnc(Nc3ccc(F)cc3F)n2)CC1. The molecule has 2 heterocycles. The fourth-order valence-corrected chi connectivity index (χ4v) is 2.59. The maximum atomic E-state index is 13.7. The number of nitrogens with zero attached hydrogens (tertiary/aromatic N) is 4. The highest BCUT2D eigenvalue weighted by molar-refractivity contribution is 5.55. The lowest BCUT2D eigenvalue weighted by molar-refractivity contribution is 0.270. The van der Waals surface area contributed by atoms with Gasteiger partial charge in [-0.05, 0) is 24.7 Å². The zero-order chi connectivity index (χ0) is 16.2. The van der Waals surface area contributed by atoms with Crippen LogP contribution in [0.15, 0.2) is 30.5 Å². The number of benzene rings is 1. The smallest absolute Gasteiger partial charge is 0.229 e. The fourth-order valence-electron chi connectivity index (χ4n) is 2.59. The van der Waals surface area contributed by atoms with Crippen LogP contribution in [-0.2, 0) is 0 Å². The zero-order valence-corrected chi connectivity index (χ0v) is 13.0. The second kappa shape index (κ2) is 6.87. The van der Waals surface area contributed by atoms with Gasteiger partial charge in [-0.2, -0.15) is 4.98 Å². The minimum atomic E-state index is -0.671. The normalized spacial score (nSPS) is 15.7. The van der Waals surface area contributed by atoms with Gasteiger partial charge in [0.05, 0.1) is 5.69 Å². The number of anilines is 3. The molecule has 2 aromatic rings. The van der Waals surface area contributed by atoms with E-state index < -0.39 is 11.6 Å². The first-order valence-electron chi connectivity index (χ1n) is 7.68. The summed E-state index contributed by atoms with van der Waals surface area (Å²) in [4.78, 5) is 13.1. The van der Waals surface area contributed by atoms with Crippen molar-refractivity contribution >= 4 is 17.5 Å². The summed E-state index contributed by atoms with van der Waals surface area (Å²) in [6.07, 6.45) is 1.64. The van der Waals surface area contributed by atoms with Crippen molar-refractivity contribution in [3.8, 4) is 0 Å². The van der Waals surface area contributed by atoms with Crippen molar-refractivity contribution in [2.75, 3.05) is 42.9 Å². The topological polar surface area (TPSA) is 44.3 Å². The van der Waals surface area contributed by atoms with Gasteiger partial charge < -0.3 is 15.1 Å². The number of piperazine rings is 1. The van der Waals surface area contributed by atoms with E-state index in [9.17, 15) is 8.78 Å². The van der Waals surface area contributed by atoms with E-state index in [0.717, 1.165) is 44.6 Å². The lowest BCUT2D eigenvalue weighted by Gasteiger charge is -2.34. The molecule has 7 heteroatoms. The third kappa shape index (κ3) is 3.73. The molecule has 0 unspecified atom stereocenters. The van der Waals surface area contributed by atoms with E-state index >= 15 is 0 Å². The molecule has 0 radical (unpaired) electrons. The number of hydrogen-bond acceptors (Lipinski definition) is 5. The second-order valence-corrected chi connectivity index (χ2v) is 5.41. The third-order valence-corrected chi connectivity index (χ3v) is 3.96. The van der Waals surface area contributed by atoms with Crippen molar-refractivity contribution in [2.45, 2.75) is 6.92 Å². The highest BCUT2D eigenvalue weighted by Gasteiger charge is 2.17. The van der Waals surface area contributed by atoms with E-state index in [-0.39, 0.29) is 5.69 Å². The van der Waals surface area contributed by atoms with E-state index in [1.807, 2.05) is 6.07 Å². The molecule has 23 heavy (non-hydrogen) atoms. The molecular weight excluding hydrogens is 300 g/mol. The van der Waals surface area contributed by atoms with Crippen LogP contribution in [0.1, 0.15) is 6.92 Å². The van der Waals surface area contributed by atoms with Gasteiger partial charge in [-0.15, -0.1) is 0 Å². The van der Waals surface area contributed by atoms with Crippen LogP contribution in [0.5, 0.6) is 0 Å². The first-order chi connectivity index (χ1) is 11.2. The van der Waals surface area contributed by atoms with E-state index in [1.54, 1.807) is 6.20 Å². The molecular formula is C16H19F2N5. The molecule has 1 fully saturated rings. The first-order valence-corrected chi connectivity index (χ1v) is 7.68. The largest absolute Gasteiger partial charge is 0.354 e. The van der Waals surface area contributed by atoms with Gasteiger partial charge in [0.15, 0.2) is 0 Å². The summed E-state index contributed by atoms with van der Waals surface area (Å²) in [5.74, 6) is -0.182. The number of likely N-dealkylation sites (N-methyl/N-ethyl adjacent to an activating group) is 1. The molecule has 122 valence electrons. The summed E-state index contributed by atoms with van der Waals surface area (Å²) in [5, 5.41) is 2.80. The van der Waals surface area contributed by atoms with Crippen LogP contribution in [0.2, 0.25) is 0 Å². The number of halogens is 2. The summed E-state index contributed by atoms with van der Waals surface area (Å²) in [6.45, 7) is 6.99. The van der Waals surface area contributed by atoms with Crippen LogP contribution in [0.4, 0.5) is 26.2 Å². The van der Waals surface area contributed by atoms with Crippen molar-refractivity contribution in [1.82, 2.24) is 14.9 Å². The number of aromatic nitrogens is 2. The molecule has 5 nitrogen and oxygen atoms in total. The van der Waals surface area contributed by atoms with Gasteiger partial charge in [0.1, 0.15) is 17.5 Å². The monoisotopic (exact) mass is 319 g/mol. The molecule has 0 amide bonds. The Bertz CT molecular complexity index is 671. The Kier molecular flexibility index (Phi) is 4.66. The van der Waals surface area contributed by atoms with Gasteiger partial charge in [-0.3, -0.25) is 0 Å². The average Bonchev–Trinajstić information content (AvgIpc) is 2.58. The molecule has 1 N–H and O–H groups in total. The Morgan fingerprint density at radius 1 is 1.13 bits per heavy atom. The van der Waals surface area contributed by atoms with Gasteiger partial charge in [0.2, 0.25) is 5.95 Å². The third-order valence-electron chi connectivity index (χ3n) is 3.96. The van der Waals surface area contributed by atoms with Gasteiger partial charge in [0, 0.05) is 38.4 Å². The Balaban J connectivity index is 1.72. The van der Waals surface area contributed by atoms with Crippen LogP contribution >= 0.6 is 0 Å². The summed E-state index contributed by atoms with van der Waals surface area (Å²) in [5.41, 5.74) is 0.152. The van der Waals surface area contributed by atoms with E-state index in [1.165, 1.54) is 12.1 Å². The standard InChI is InChI=1S/C16H19F2N5/c1-2-22-7-9-23(10-8-22)15-5-6-19-16(21-15)20-14-4-3-12(17)11-13(14)18/h3-6,11H,2,7-10H2,1H3,(H,19,20,21). The molecule has 0 aliphatic carbocycles. The molecule has 3 rings (SSSR count). The van der Waals surface area contributed by atoms with Crippen LogP contribution in [0.3, 0.4) is 0 Å². The maximum absolute atomic E-state index is 13.7. The minimum Gasteiger partial charge on any atom is -0.354 e. The Hall–Kier alpha value is -2.28. The predicted octanol–water partition coefficient (Wildman–Crippen LogP) is 2.64. The van der Waals surface area contributed by atoms with Gasteiger partial charge in [0.25, 0.3) is 0 Å². The quantitative estimate of drug-likeness (QED) is 0.938. The fraction of sp³-hybridized carbons (Fsp3) is 0.375. The summed E-state index contributed by atoms with van der Waals surface area (Å²) < 4.78 is 26.6. The molecule has 0 bridgehead atoms. The summed E-state index contributed by atoms with van der Waals surface area (Å²) >= 11 is 0. The number of hydrogen-bond donors (Lipinski definition) is 1. The Labute approximate surface area is 134 Å².